The average Bonchev–Trinajstić information content (AvgIpc) is 3.48. The second kappa shape index (κ2) is 7.22. The summed E-state index contributed by atoms with van der Waals surface area (Å²) >= 11 is 0. The zero-order chi connectivity index (χ0) is 18.8. The largest absolute Gasteiger partial charge is 0.426 e. The van der Waals surface area contributed by atoms with E-state index in [0.29, 0.717) is 28.7 Å². The van der Waals surface area contributed by atoms with Gasteiger partial charge in [-0.25, -0.2) is 4.79 Å². The highest BCUT2D eigenvalue weighted by Crippen LogP contribution is 2.39. The fourth-order valence-electron chi connectivity index (χ4n) is 3.24. The molecule has 0 N–H and O–H groups in total. The molecule has 27 heavy (non-hydrogen) atoms. The molecule has 6 heteroatoms. The van der Waals surface area contributed by atoms with Crippen LogP contribution in [0.5, 0.6) is 11.5 Å². The summed E-state index contributed by atoms with van der Waals surface area (Å²) in [6, 6.07) is 14.5. The zero-order valence-electron chi connectivity index (χ0n) is 14.5. The lowest BCUT2D eigenvalue weighted by Crippen LogP contribution is -2.25. The van der Waals surface area contributed by atoms with E-state index < -0.39 is 5.97 Å². The number of nitriles is 1. The fourth-order valence-corrected chi connectivity index (χ4v) is 3.24. The molecule has 3 atom stereocenters. The van der Waals surface area contributed by atoms with Gasteiger partial charge < -0.3 is 14.2 Å². The van der Waals surface area contributed by atoms with E-state index in [1.54, 1.807) is 48.5 Å². The van der Waals surface area contributed by atoms with Crippen LogP contribution >= 0.6 is 0 Å². The maximum Gasteiger partial charge on any atom is 0.343 e. The molecule has 1 saturated carbocycles. The molecule has 1 aliphatic carbocycles. The third kappa shape index (κ3) is 3.99. The molecule has 0 spiro atoms. The molecule has 0 amide bonds. The van der Waals surface area contributed by atoms with Gasteiger partial charge in [-0.1, -0.05) is 0 Å². The number of hydrogen-bond acceptors (Lipinski definition) is 6. The minimum Gasteiger partial charge on any atom is -0.426 e. The van der Waals surface area contributed by atoms with Gasteiger partial charge in [-0.15, -0.1) is 0 Å². The summed E-state index contributed by atoms with van der Waals surface area (Å²) in [4.78, 5) is 24.4. The Morgan fingerprint density at radius 3 is 2.26 bits per heavy atom. The highest BCUT2D eigenvalue weighted by Gasteiger charge is 2.46. The van der Waals surface area contributed by atoms with E-state index in [1.807, 2.05) is 6.07 Å². The maximum absolute atomic E-state index is 12.3. The van der Waals surface area contributed by atoms with Gasteiger partial charge in [0.2, 0.25) is 0 Å². The SMILES string of the molecule is N#Cc1ccc(OC(=O)c2ccc(OC(=O)C3CCC4OC4C3)cc2)cc1. The highest BCUT2D eigenvalue weighted by molar-refractivity contribution is 5.91. The number of epoxide rings is 1. The predicted molar refractivity (Wildman–Crippen MR) is 94.2 cm³/mol. The molecule has 0 bridgehead atoms. The summed E-state index contributed by atoms with van der Waals surface area (Å²) < 4.78 is 16.1. The third-order valence-electron chi connectivity index (χ3n) is 4.84. The summed E-state index contributed by atoms with van der Waals surface area (Å²) in [5, 5.41) is 8.78. The van der Waals surface area contributed by atoms with Crippen LogP contribution in [0.4, 0.5) is 0 Å². The number of benzene rings is 2. The van der Waals surface area contributed by atoms with Crippen LogP contribution in [0.25, 0.3) is 0 Å². The Kier molecular flexibility index (Phi) is 4.61. The van der Waals surface area contributed by atoms with Gasteiger partial charge in [-0.2, -0.15) is 5.26 Å². The highest BCUT2D eigenvalue weighted by atomic mass is 16.6. The Morgan fingerprint density at radius 2 is 1.59 bits per heavy atom. The van der Waals surface area contributed by atoms with E-state index in [0.717, 1.165) is 19.3 Å². The van der Waals surface area contributed by atoms with Crippen LogP contribution in [0.2, 0.25) is 0 Å². The van der Waals surface area contributed by atoms with Crippen molar-refractivity contribution in [2.75, 3.05) is 0 Å². The standard InChI is InChI=1S/C21H17NO5/c22-12-13-1-6-16(7-2-13)25-20(23)14-3-8-17(9-4-14)26-21(24)15-5-10-18-19(11-15)27-18/h1-4,6-9,15,18-19H,5,10-11H2. The number of nitrogens with zero attached hydrogens (tertiary/aromatic N) is 1. The Hall–Kier alpha value is -3.17. The second-order valence-electron chi connectivity index (χ2n) is 6.69. The second-order valence-corrected chi connectivity index (χ2v) is 6.69. The fraction of sp³-hybridized carbons (Fsp3) is 0.286. The molecular formula is C21H17NO5. The molecule has 1 saturated heterocycles. The molecule has 2 fully saturated rings. The van der Waals surface area contributed by atoms with E-state index in [9.17, 15) is 9.59 Å². The summed E-state index contributed by atoms with van der Waals surface area (Å²) in [5.41, 5.74) is 0.828. The lowest BCUT2D eigenvalue weighted by Gasteiger charge is -2.17. The first-order valence-corrected chi connectivity index (χ1v) is 8.82. The van der Waals surface area contributed by atoms with Gasteiger partial charge in [0.1, 0.15) is 11.5 Å². The van der Waals surface area contributed by atoms with Gasteiger partial charge >= 0.3 is 11.9 Å². The Morgan fingerprint density at radius 1 is 0.926 bits per heavy atom. The van der Waals surface area contributed by atoms with Gasteiger partial charge in [0, 0.05) is 0 Å². The van der Waals surface area contributed by atoms with Crippen molar-refractivity contribution in [1.82, 2.24) is 0 Å². The summed E-state index contributed by atoms with van der Waals surface area (Å²) in [7, 11) is 0. The normalized spacial score (nSPS) is 22.9. The minimum atomic E-state index is -0.526. The van der Waals surface area contributed by atoms with Crippen molar-refractivity contribution in [2.24, 2.45) is 5.92 Å². The molecule has 4 rings (SSSR count). The number of esters is 2. The van der Waals surface area contributed by atoms with Crippen molar-refractivity contribution in [3.63, 3.8) is 0 Å². The lowest BCUT2D eigenvalue weighted by molar-refractivity contribution is -0.139. The van der Waals surface area contributed by atoms with Gasteiger partial charge in [0.15, 0.2) is 0 Å². The topological polar surface area (TPSA) is 88.9 Å². The van der Waals surface area contributed by atoms with Crippen molar-refractivity contribution in [1.29, 1.82) is 5.26 Å². The molecule has 3 unspecified atom stereocenters. The first kappa shape index (κ1) is 17.3. The molecule has 1 aliphatic heterocycles. The molecule has 136 valence electrons. The van der Waals surface area contributed by atoms with Gasteiger partial charge in [-0.05, 0) is 67.8 Å². The summed E-state index contributed by atoms with van der Waals surface area (Å²) in [6.45, 7) is 0. The summed E-state index contributed by atoms with van der Waals surface area (Å²) in [5.74, 6) is -0.158. The third-order valence-corrected chi connectivity index (χ3v) is 4.84. The Balaban J connectivity index is 1.34. The van der Waals surface area contributed by atoms with Crippen LogP contribution < -0.4 is 9.47 Å². The van der Waals surface area contributed by atoms with Crippen LogP contribution in [-0.4, -0.2) is 24.1 Å². The first-order chi connectivity index (χ1) is 13.1. The van der Waals surface area contributed by atoms with Crippen LogP contribution in [0.3, 0.4) is 0 Å². The molecule has 2 aliphatic rings. The van der Waals surface area contributed by atoms with Crippen LogP contribution in [0.15, 0.2) is 48.5 Å². The number of rotatable bonds is 4. The van der Waals surface area contributed by atoms with Crippen LogP contribution in [-0.2, 0) is 9.53 Å². The lowest BCUT2D eigenvalue weighted by atomic mass is 9.89. The molecular weight excluding hydrogens is 346 g/mol. The van der Waals surface area contributed by atoms with Gasteiger partial charge in [0.05, 0.1) is 35.3 Å². The number of ether oxygens (including phenoxy) is 3. The predicted octanol–water partition coefficient (Wildman–Crippen LogP) is 3.25. The van der Waals surface area contributed by atoms with Crippen molar-refractivity contribution in [2.45, 2.75) is 31.5 Å². The van der Waals surface area contributed by atoms with Crippen LogP contribution in [0, 0.1) is 17.2 Å². The number of carbonyl (C=O) groups is 2. The summed E-state index contributed by atoms with van der Waals surface area (Å²) in [6.07, 6.45) is 2.98. The van der Waals surface area contributed by atoms with Crippen molar-refractivity contribution < 1.29 is 23.8 Å². The monoisotopic (exact) mass is 363 g/mol. The molecule has 6 nitrogen and oxygen atoms in total. The molecule has 0 aromatic heterocycles. The van der Waals surface area contributed by atoms with Crippen LogP contribution in [0.1, 0.15) is 35.2 Å². The number of carbonyl (C=O) groups excluding carboxylic acids is 2. The molecule has 1 heterocycles. The quantitative estimate of drug-likeness (QED) is 0.471. The maximum atomic E-state index is 12.3. The van der Waals surface area contributed by atoms with Gasteiger partial charge in [-0.3, -0.25) is 4.79 Å². The van der Waals surface area contributed by atoms with Crippen molar-refractivity contribution in [3.8, 4) is 17.6 Å². The molecule has 0 radical (unpaired) electrons. The van der Waals surface area contributed by atoms with Crippen molar-refractivity contribution in [3.05, 3.63) is 59.7 Å². The average molecular weight is 363 g/mol. The van der Waals surface area contributed by atoms with Gasteiger partial charge in [0.25, 0.3) is 0 Å². The van der Waals surface area contributed by atoms with Crippen molar-refractivity contribution >= 4 is 11.9 Å². The molecule has 2 aromatic rings. The Bertz CT molecular complexity index is 898. The van der Waals surface area contributed by atoms with E-state index in [4.69, 9.17) is 19.5 Å². The number of fused-ring (bicyclic) bond motifs is 1. The Labute approximate surface area is 156 Å². The van der Waals surface area contributed by atoms with E-state index >= 15 is 0 Å². The number of hydrogen-bond donors (Lipinski definition) is 0. The van der Waals surface area contributed by atoms with E-state index in [-0.39, 0.29) is 18.0 Å². The minimum absolute atomic E-state index is 0.130. The molecule has 2 aromatic carbocycles. The first-order valence-electron chi connectivity index (χ1n) is 8.82. The smallest absolute Gasteiger partial charge is 0.343 e. The van der Waals surface area contributed by atoms with E-state index in [1.165, 1.54) is 0 Å². The zero-order valence-corrected chi connectivity index (χ0v) is 14.5. The van der Waals surface area contributed by atoms with E-state index in [2.05, 4.69) is 0 Å².